The number of aryl methyl sites for hydroxylation is 1. The number of ether oxygens (including phenoxy) is 1. The summed E-state index contributed by atoms with van der Waals surface area (Å²) < 4.78 is 34.4. The van der Waals surface area contributed by atoms with Gasteiger partial charge in [-0.05, 0) is 39.0 Å². The molecule has 10 heteroatoms. The molecule has 166 valence electrons. The summed E-state index contributed by atoms with van der Waals surface area (Å²) in [6.07, 6.45) is 4.44. The molecule has 0 saturated carbocycles. The highest BCUT2D eigenvalue weighted by Gasteiger charge is 2.29. The largest absolute Gasteiger partial charge is 0.484 e. The predicted octanol–water partition coefficient (Wildman–Crippen LogP) is 4.60. The maximum Gasteiger partial charge on any atom is 0.154 e. The molecular weight excluding hydrogens is 438 g/mol. The average Bonchev–Trinajstić information content (AvgIpc) is 2.72. The number of hydrogen-bond acceptors (Lipinski definition) is 6. The molecule has 2 aromatic rings. The van der Waals surface area contributed by atoms with Crippen LogP contribution in [0.5, 0.6) is 0 Å². The molecule has 1 aromatic heterocycles. The van der Waals surface area contributed by atoms with Gasteiger partial charge in [-0.15, -0.1) is 0 Å². The van der Waals surface area contributed by atoms with E-state index in [0.717, 1.165) is 6.07 Å². The highest BCUT2D eigenvalue weighted by Crippen LogP contribution is 2.30. The molecule has 1 aliphatic heterocycles. The van der Waals surface area contributed by atoms with Crippen LogP contribution < -0.4 is 5.73 Å². The third kappa shape index (κ3) is 5.23. The molecule has 0 unspecified atom stereocenters. The van der Waals surface area contributed by atoms with Crippen molar-refractivity contribution in [1.29, 1.82) is 0 Å². The van der Waals surface area contributed by atoms with Crippen LogP contribution in [-0.4, -0.2) is 27.7 Å². The Hall–Kier alpha value is -3.46. The highest BCUT2D eigenvalue weighted by atomic mass is 35.5. The molecule has 32 heavy (non-hydrogen) atoms. The second-order valence-electron chi connectivity index (χ2n) is 7.39. The van der Waals surface area contributed by atoms with E-state index in [1.807, 2.05) is 13.8 Å². The molecule has 1 aliphatic rings. The average molecular weight is 459 g/mol. The molecule has 0 atom stereocenters. The quantitative estimate of drug-likeness (QED) is 0.388. The Morgan fingerprint density at radius 1 is 1.31 bits per heavy atom. The lowest BCUT2D eigenvalue weighted by atomic mass is 9.99. The molecule has 2 heterocycles. The summed E-state index contributed by atoms with van der Waals surface area (Å²) in [4.78, 5) is 20.9. The summed E-state index contributed by atoms with van der Waals surface area (Å²) in [5.41, 5.74) is 5.80. The van der Waals surface area contributed by atoms with Crippen molar-refractivity contribution in [3.8, 4) is 0 Å². The van der Waals surface area contributed by atoms with Crippen LogP contribution in [0.1, 0.15) is 37.4 Å². The smallest absolute Gasteiger partial charge is 0.154 e. The molecule has 0 bridgehead atoms. The number of hydrogen-bond donors (Lipinski definition) is 1. The summed E-state index contributed by atoms with van der Waals surface area (Å²) in [5.74, 6) is -0.686. The second kappa shape index (κ2) is 9.35. The fraction of sp³-hybridized carbons (Fsp3) is 0.227. The van der Waals surface area contributed by atoms with Crippen molar-refractivity contribution >= 4 is 29.4 Å². The Bertz CT molecular complexity index is 1190. The van der Waals surface area contributed by atoms with Gasteiger partial charge >= 0.3 is 0 Å². The molecule has 0 aliphatic carbocycles. The van der Waals surface area contributed by atoms with Crippen LogP contribution in [0.15, 0.2) is 63.7 Å². The number of halogens is 3. The van der Waals surface area contributed by atoms with E-state index < -0.39 is 22.3 Å². The van der Waals surface area contributed by atoms with E-state index in [1.165, 1.54) is 18.6 Å². The minimum atomic E-state index is -0.937. The van der Waals surface area contributed by atoms with Crippen molar-refractivity contribution in [3.63, 3.8) is 0 Å². The minimum absolute atomic E-state index is 0.00360. The molecule has 0 amide bonds. The number of allylic oxidation sites excluding steroid dienone is 1. The molecule has 1 aromatic carbocycles. The summed E-state index contributed by atoms with van der Waals surface area (Å²) >= 11 is 5.74. The Labute approximate surface area is 189 Å². The van der Waals surface area contributed by atoms with Crippen LogP contribution in [0.25, 0.3) is 0 Å². The van der Waals surface area contributed by atoms with E-state index in [1.54, 1.807) is 19.2 Å². The van der Waals surface area contributed by atoms with E-state index in [2.05, 4.69) is 31.5 Å². The molecule has 0 radical (unpaired) electrons. The summed E-state index contributed by atoms with van der Waals surface area (Å²) in [6.45, 7) is 8.96. The van der Waals surface area contributed by atoms with Crippen LogP contribution in [0.3, 0.4) is 0 Å². The van der Waals surface area contributed by atoms with Crippen LogP contribution in [0, 0.1) is 18.6 Å². The number of nitrogens with two attached hydrogens (primary N) is 1. The Balaban J connectivity index is 2.00. The monoisotopic (exact) mass is 458 g/mol. The minimum Gasteiger partial charge on any atom is -0.484 e. The molecule has 3 rings (SSSR count). The van der Waals surface area contributed by atoms with Gasteiger partial charge in [0.05, 0.1) is 29.7 Å². The van der Waals surface area contributed by atoms with Crippen LogP contribution in [0.4, 0.5) is 8.78 Å². The lowest BCUT2D eigenvalue weighted by Crippen LogP contribution is -2.27. The van der Waals surface area contributed by atoms with Gasteiger partial charge in [0.15, 0.2) is 5.82 Å². The first kappa shape index (κ1) is 23.2. The van der Waals surface area contributed by atoms with E-state index >= 15 is 0 Å². The van der Waals surface area contributed by atoms with Gasteiger partial charge in [-0.2, -0.15) is 0 Å². The van der Waals surface area contributed by atoms with Gasteiger partial charge in [0.2, 0.25) is 0 Å². The third-order valence-electron chi connectivity index (χ3n) is 4.46. The number of benzene rings is 1. The van der Waals surface area contributed by atoms with Gasteiger partial charge in [0, 0.05) is 11.8 Å². The summed E-state index contributed by atoms with van der Waals surface area (Å²) in [7, 11) is 0. The summed E-state index contributed by atoms with van der Waals surface area (Å²) in [5, 5.41) is -0.625. The van der Waals surface area contributed by atoms with Crippen LogP contribution >= 0.6 is 11.6 Å². The number of aliphatic imine (C=N–C) groups is 3. The molecule has 0 saturated heterocycles. The first-order valence-electron chi connectivity index (χ1n) is 9.52. The molecule has 2 N–H and O–H groups in total. The van der Waals surface area contributed by atoms with Crippen molar-refractivity contribution in [1.82, 2.24) is 9.97 Å². The van der Waals surface area contributed by atoms with Crippen molar-refractivity contribution in [2.45, 2.75) is 32.8 Å². The fourth-order valence-electron chi connectivity index (χ4n) is 2.95. The lowest BCUT2D eigenvalue weighted by Gasteiger charge is -2.29. The maximum atomic E-state index is 14.7. The van der Waals surface area contributed by atoms with E-state index in [4.69, 9.17) is 22.1 Å². The Kier molecular flexibility index (Phi) is 6.78. The summed E-state index contributed by atoms with van der Waals surface area (Å²) in [6, 6.07) is 4.07. The van der Waals surface area contributed by atoms with Crippen molar-refractivity contribution in [2.24, 2.45) is 20.7 Å². The molecular formula is C22H21ClF2N6O. The number of rotatable bonds is 6. The predicted molar refractivity (Wildman–Crippen MR) is 121 cm³/mol. The zero-order valence-electron chi connectivity index (χ0n) is 17.7. The normalized spacial score (nSPS) is 15.6. The van der Waals surface area contributed by atoms with Gasteiger partial charge in [-0.1, -0.05) is 18.2 Å². The highest BCUT2D eigenvalue weighted by molar-refractivity contribution is 6.50. The van der Waals surface area contributed by atoms with Gasteiger partial charge in [0.1, 0.15) is 40.2 Å². The van der Waals surface area contributed by atoms with E-state index in [0.29, 0.717) is 23.0 Å². The molecule has 0 spiro atoms. The number of aromatic nitrogens is 2. The fourth-order valence-corrected chi connectivity index (χ4v) is 3.12. The zero-order valence-corrected chi connectivity index (χ0v) is 18.5. The van der Waals surface area contributed by atoms with Gasteiger partial charge in [-0.3, -0.25) is 4.99 Å². The van der Waals surface area contributed by atoms with Gasteiger partial charge < -0.3 is 10.5 Å². The first-order valence-corrected chi connectivity index (χ1v) is 9.90. The molecule has 7 nitrogen and oxygen atoms in total. The maximum absolute atomic E-state index is 14.7. The van der Waals surface area contributed by atoms with Crippen molar-refractivity contribution < 1.29 is 13.5 Å². The zero-order chi connectivity index (χ0) is 23.5. The Morgan fingerprint density at radius 3 is 2.75 bits per heavy atom. The van der Waals surface area contributed by atoms with E-state index in [9.17, 15) is 8.78 Å². The van der Waals surface area contributed by atoms with Crippen LogP contribution in [-0.2, 0) is 10.3 Å². The van der Waals surface area contributed by atoms with Gasteiger partial charge in [-0.25, -0.2) is 28.7 Å². The third-order valence-corrected chi connectivity index (χ3v) is 4.81. The Morgan fingerprint density at radius 2 is 2.06 bits per heavy atom. The lowest BCUT2D eigenvalue weighted by molar-refractivity contribution is 0.0256. The standard InChI is InChI=1S/C22H21ClF2N6O/c1-12(26)29-11-30-17-9-14(32-22(3,4)18-7-8-27-13(2)31-18)10-28-21(17)15-5-6-16(24)19(23)20(15)25/h5-8,10-11H,1,9,26H2,2-4H3/b29-11-,30-17?. The first-order chi connectivity index (χ1) is 15.1. The topological polar surface area (TPSA) is 98.1 Å². The molecule has 0 fully saturated rings. The van der Waals surface area contributed by atoms with Crippen molar-refractivity contribution in [3.05, 3.63) is 82.5 Å². The van der Waals surface area contributed by atoms with E-state index in [-0.39, 0.29) is 23.5 Å². The number of nitrogens with zero attached hydrogens (tertiary/aromatic N) is 5. The van der Waals surface area contributed by atoms with Gasteiger partial charge in [0.25, 0.3) is 0 Å². The van der Waals surface area contributed by atoms with Crippen molar-refractivity contribution in [2.75, 3.05) is 0 Å². The van der Waals surface area contributed by atoms with Crippen LogP contribution in [0.2, 0.25) is 5.02 Å². The second-order valence-corrected chi connectivity index (χ2v) is 7.76. The SMILES string of the molecule is C=C(N)/N=C\N=C1CC(OC(C)(C)c2ccnc(C)n2)=CN=C1c1ccc(F)c(Cl)c1F.